The molecule has 1 atom stereocenters. The lowest BCUT2D eigenvalue weighted by molar-refractivity contribution is -0.136. The molecular weight excluding hydrogens is 388 g/mol. The molecule has 5 heteroatoms. The van der Waals surface area contributed by atoms with Crippen LogP contribution in [0.2, 0.25) is 0 Å². The van der Waals surface area contributed by atoms with Crippen molar-refractivity contribution in [2.45, 2.75) is 58.0 Å². The maximum atomic E-state index is 12.9. The van der Waals surface area contributed by atoms with Gasteiger partial charge in [-0.2, -0.15) is 0 Å². The van der Waals surface area contributed by atoms with Crippen LogP contribution in [0.5, 0.6) is 5.75 Å². The number of amides is 1. The van der Waals surface area contributed by atoms with Gasteiger partial charge in [-0.15, -0.1) is 0 Å². The zero-order valence-electron chi connectivity index (χ0n) is 18.6. The molecule has 31 heavy (non-hydrogen) atoms. The van der Waals surface area contributed by atoms with E-state index in [9.17, 15) is 9.90 Å². The number of aromatic amines is 1. The van der Waals surface area contributed by atoms with Gasteiger partial charge in [0.25, 0.3) is 0 Å². The summed E-state index contributed by atoms with van der Waals surface area (Å²) in [4.78, 5) is 18.2. The van der Waals surface area contributed by atoms with Gasteiger partial charge in [0.05, 0.1) is 25.8 Å². The topological polar surface area (TPSA) is 65.6 Å². The fraction of sp³-hybridized carbons (Fsp3) is 0.423. The van der Waals surface area contributed by atoms with E-state index in [1.54, 1.807) is 0 Å². The van der Waals surface area contributed by atoms with E-state index in [-0.39, 0.29) is 24.0 Å². The van der Waals surface area contributed by atoms with Gasteiger partial charge in [-0.1, -0.05) is 51.1 Å². The molecule has 2 heterocycles. The molecule has 0 aliphatic carbocycles. The average Bonchev–Trinajstić information content (AvgIpc) is 3.13. The Morgan fingerprint density at radius 1 is 1.16 bits per heavy atom. The SMILES string of the molecule is CC(C)(C)c1ccc(OCCCC(=O)N2Cc3[nH]c4ccccc4c3CC2CO)cc1. The number of carbonyl (C=O) groups is 1. The summed E-state index contributed by atoms with van der Waals surface area (Å²) in [6, 6.07) is 16.2. The lowest BCUT2D eigenvalue weighted by atomic mass is 9.87. The highest BCUT2D eigenvalue weighted by Gasteiger charge is 2.31. The van der Waals surface area contributed by atoms with E-state index in [0.29, 0.717) is 32.4 Å². The molecule has 1 amide bonds. The van der Waals surface area contributed by atoms with Gasteiger partial charge in [0.2, 0.25) is 5.91 Å². The molecule has 4 rings (SSSR count). The van der Waals surface area contributed by atoms with Crippen molar-refractivity contribution in [2.75, 3.05) is 13.2 Å². The van der Waals surface area contributed by atoms with Crippen molar-refractivity contribution in [1.29, 1.82) is 0 Å². The number of para-hydroxylation sites is 1. The third-order valence-corrected chi connectivity index (χ3v) is 6.17. The number of carbonyl (C=O) groups excluding carboxylic acids is 1. The Kier molecular flexibility index (Phi) is 6.05. The number of hydrogen-bond donors (Lipinski definition) is 2. The minimum Gasteiger partial charge on any atom is -0.494 e. The fourth-order valence-corrected chi connectivity index (χ4v) is 4.33. The second-order valence-corrected chi connectivity index (χ2v) is 9.42. The number of H-pyrrole nitrogens is 1. The second-order valence-electron chi connectivity index (χ2n) is 9.42. The summed E-state index contributed by atoms with van der Waals surface area (Å²) < 4.78 is 5.83. The molecule has 1 unspecified atom stereocenters. The third kappa shape index (κ3) is 4.62. The number of hydrogen-bond acceptors (Lipinski definition) is 3. The van der Waals surface area contributed by atoms with Crippen LogP contribution in [0.25, 0.3) is 10.9 Å². The molecule has 1 aliphatic rings. The molecule has 5 nitrogen and oxygen atoms in total. The lowest BCUT2D eigenvalue weighted by Gasteiger charge is -2.35. The van der Waals surface area contributed by atoms with Gasteiger partial charge in [0, 0.05) is 23.0 Å². The number of aliphatic hydroxyl groups is 1. The van der Waals surface area contributed by atoms with E-state index in [0.717, 1.165) is 17.0 Å². The number of benzene rings is 2. The van der Waals surface area contributed by atoms with Crippen LogP contribution >= 0.6 is 0 Å². The molecular formula is C26H32N2O3. The second kappa shape index (κ2) is 8.75. The molecule has 2 N–H and O–H groups in total. The molecule has 0 radical (unpaired) electrons. The molecule has 1 aliphatic heterocycles. The zero-order valence-corrected chi connectivity index (χ0v) is 18.6. The van der Waals surface area contributed by atoms with Crippen LogP contribution in [0.4, 0.5) is 0 Å². The summed E-state index contributed by atoms with van der Waals surface area (Å²) in [6.45, 7) is 7.55. The first-order chi connectivity index (χ1) is 14.9. The maximum Gasteiger partial charge on any atom is 0.223 e. The first-order valence-corrected chi connectivity index (χ1v) is 11.1. The first-order valence-electron chi connectivity index (χ1n) is 11.1. The molecule has 0 spiro atoms. The molecule has 0 saturated carbocycles. The number of nitrogens with zero attached hydrogens (tertiary/aromatic N) is 1. The van der Waals surface area contributed by atoms with Crippen LogP contribution in [0.3, 0.4) is 0 Å². The number of ether oxygens (including phenoxy) is 1. The smallest absolute Gasteiger partial charge is 0.223 e. The van der Waals surface area contributed by atoms with E-state index < -0.39 is 0 Å². The molecule has 0 fully saturated rings. The van der Waals surface area contributed by atoms with Crippen LogP contribution in [0.15, 0.2) is 48.5 Å². The number of nitrogens with one attached hydrogen (secondary N) is 1. The highest BCUT2D eigenvalue weighted by Crippen LogP contribution is 2.30. The number of aliphatic hydroxyl groups excluding tert-OH is 1. The Balaban J connectivity index is 1.33. The Morgan fingerprint density at radius 2 is 1.90 bits per heavy atom. The minimum atomic E-state index is -0.176. The van der Waals surface area contributed by atoms with E-state index >= 15 is 0 Å². The van der Waals surface area contributed by atoms with Gasteiger partial charge in [0.1, 0.15) is 5.75 Å². The highest BCUT2D eigenvalue weighted by molar-refractivity contribution is 5.86. The summed E-state index contributed by atoms with van der Waals surface area (Å²) in [6.07, 6.45) is 1.73. The summed E-state index contributed by atoms with van der Waals surface area (Å²) in [7, 11) is 0. The van der Waals surface area contributed by atoms with Gasteiger partial charge >= 0.3 is 0 Å². The van der Waals surface area contributed by atoms with Crippen molar-refractivity contribution >= 4 is 16.8 Å². The van der Waals surface area contributed by atoms with Gasteiger partial charge in [-0.3, -0.25) is 4.79 Å². The first kappa shape index (κ1) is 21.4. The largest absolute Gasteiger partial charge is 0.494 e. The molecule has 0 bridgehead atoms. The Bertz CT molecular complexity index is 1050. The standard InChI is InChI=1S/C26H32N2O3/c1-26(2,3)18-10-12-20(13-11-18)31-14-6-9-25(30)28-16-24-22(15-19(28)17-29)21-7-4-5-8-23(21)27-24/h4-5,7-8,10-13,19,27,29H,6,9,14-17H2,1-3H3. The third-order valence-electron chi connectivity index (χ3n) is 6.17. The van der Waals surface area contributed by atoms with Crippen molar-refractivity contribution in [2.24, 2.45) is 0 Å². The van der Waals surface area contributed by atoms with Gasteiger partial charge in [-0.05, 0) is 47.6 Å². The molecule has 1 aromatic heterocycles. The van der Waals surface area contributed by atoms with Gasteiger partial charge < -0.3 is 19.7 Å². The number of aromatic nitrogens is 1. The average molecular weight is 421 g/mol. The summed E-state index contributed by atoms with van der Waals surface area (Å²) in [5, 5.41) is 11.1. The van der Waals surface area contributed by atoms with Crippen molar-refractivity contribution in [1.82, 2.24) is 9.88 Å². The molecule has 164 valence electrons. The van der Waals surface area contributed by atoms with E-state index in [1.807, 2.05) is 29.2 Å². The summed E-state index contributed by atoms with van der Waals surface area (Å²) in [5.41, 5.74) is 4.78. The summed E-state index contributed by atoms with van der Waals surface area (Å²) >= 11 is 0. The van der Waals surface area contributed by atoms with Crippen LogP contribution in [0.1, 0.15) is 50.4 Å². The van der Waals surface area contributed by atoms with Crippen LogP contribution < -0.4 is 4.74 Å². The summed E-state index contributed by atoms with van der Waals surface area (Å²) in [5.74, 6) is 0.893. The molecule has 0 saturated heterocycles. The zero-order chi connectivity index (χ0) is 22.0. The van der Waals surface area contributed by atoms with E-state index in [1.165, 1.54) is 16.5 Å². The minimum absolute atomic E-state index is 0.0265. The van der Waals surface area contributed by atoms with Crippen molar-refractivity contribution in [3.63, 3.8) is 0 Å². The van der Waals surface area contributed by atoms with Crippen molar-refractivity contribution < 1.29 is 14.6 Å². The molecule has 2 aromatic carbocycles. The quantitative estimate of drug-likeness (QED) is 0.574. The number of rotatable bonds is 6. The highest BCUT2D eigenvalue weighted by atomic mass is 16.5. The van der Waals surface area contributed by atoms with Gasteiger partial charge in [0.15, 0.2) is 0 Å². The van der Waals surface area contributed by atoms with E-state index in [4.69, 9.17) is 4.74 Å². The predicted octanol–water partition coefficient (Wildman–Crippen LogP) is 4.57. The van der Waals surface area contributed by atoms with Crippen molar-refractivity contribution in [3.05, 3.63) is 65.4 Å². The van der Waals surface area contributed by atoms with Crippen LogP contribution in [0, 0.1) is 0 Å². The Labute approximate surface area is 184 Å². The maximum absolute atomic E-state index is 12.9. The fourth-order valence-electron chi connectivity index (χ4n) is 4.33. The van der Waals surface area contributed by atoms with Crippen LogP contribution in [-0.4, -0.2) is 40.2 Å². The predicted molar refractivity (Wildman–Crippen MR) is 123 cm³/mol. The number of fused-ring (bicyclic) bond motifs is 3. The van der Waals surface area contributed by atoms with Gasteiger partial charge in [-0.25, -0.2) is 0 Å². The monoisotopic (exact) mass is 420 g/mol. The Morgan fingerprint density at radius 3 is 2.61 bits per heavy atom. The van der Waals surface area contributed by atoms with Crippen molar-refractivity contribution in [3.8, 4) is 5.75 Å². The normalized spacial score (nSPS) is 16.4. The molecule has 3 aromatic rings. The van der Waals surface area contributed by atoms with E-state index in [2.05, 4.69) is 50.0 Å². The Hall–Kier alpha value is -2.79. The van der Waals surface area contributed by atoms with Crippen LogP contribution in [-0.2, 0) is 23.2 Å². The lowest BCUT2D eigenvalue weighted by Crippen LogP contribution is -2.46.